The largest absolute Gasteiger partial charge is 0.367 e. The number of piperidine rings is 2. The number of hydrogen-bond acceptors (Lipinski definition) is 4. The normalized spacial score (nSPS) is 21.9. The highest BCUT2D eigenvalue weighted by atomic mass is 16.5. The second kappa shape index (κ2) is 10.4. The molecular weight excluding hydrogens is 378 g/mol. The van der Waals surface area contributed by atoms with E-state index in [4.69, 9.17) is 4.74 Å². The smallest absolute Gasteiger partial charge is 0.248 e. The molecule has 3 saturated heterocycles. The summed E-state index contributed by atoms with van der Waals surface area (Å²) in [6, 6.07) is 10.5. The van der Waals surface area contributed by atoms with Gasteiger partial charge in [0.05, 0.1) is 6.61 Å². The third-order valence-corrected chi connectivity index (χ3v) is 6.97. The van der Waals surface area contributed by atoms with E-state index in [1.165, 1.54) is 12.8 Å². The van der Waals surface area contributed by atoms with Crippen LogP contribution in [0.2, 0.25) is 0 Å². The summed E-state index contributed by atoms with van der Waals surface area (Å²) < 4.78 is 5.62. The number of ether oxygens (including phenoxy) is 1. The van der Waals surface area contributed by atoms with Crippen LogP contribution >= 0.6 is 0 Å². The molecular formula is C24H35N3O3. The lowest BCUT2D eigenvalue weighted by Gasteiger charge is -2.42. The zero-order valence-corrected chi connectivity index (χ0v) is 18.0. The number of carbonyl (C=O) groups is 2. The number of nitrogens with zero attached hydrogens (tertiary/aromatic N) is 3. The summed E-state index contributed by atoms with van der Waals surface area (Å²) in [6.45, 7) is 6.21. The molecule has 1 aromatic carbocycles. The molecule has 1 aromatic rings. The van der Waals surface area contributed by atoms with Crippen LogP contribution in [-0.4, -0.2) is 78.4 Å². The highest BCUT2D eigenvalue weighted by Gasteiger charge is 2.33. The van der Waals surface area contributed by atoms with Crippen molar-refractivity contribution in [2.75, 3.05) is 45.9 Å². The van der Waals surface area contributed by atoms with Crippen LogP contribution in [0.1, 0.15) is 44.1 Å². The Morgan fingerprint density at radius 3 is 2.17 bits per heavy atom. The first-order chi connectivity index (χ1) is 14.7. The Balaban J connectivity index is 1.14. The average Bonchev–Trinajstić information content (AvgIpc) is 3.34. The predicted octanol–water partition coefficient (Wildman–Crippen LogP) is 2.53. The van der Waals surface area contributed by atoms with E-state index in [1.54, 1.807) is 0 Å². The molecule has 3 fully saturated rings. The van der Waals surface area contributed by atoms with Gasteiger partial charge in [-0.3, -0.25) is 9.59 Å². The Morgan fingerprint density at radius 1 is 0.833 bits per heavy atom. The van der Waals surface area contributed by atoms with E-state index in [0.717, 1.165) is 70.5 Å². The van der Waals surface area contributed by atoms with Crippen molar-refractivity contribution in [2.45, 2.75) is 51.2 Å². The minimum Gasteiger partial charge on any atom is -0.367 e. The van der Waals surface area contributed by atoms with Crippen LogP contribution in [0.4, 0.5) is 0 Å². The first-order valence-corrected chi connectivity index (χ1v) is 11.6. The number of amides is 2. The van der Waals surface area contributed by atoms with Crippen LogP contribution in [0, 0.1) is 5.92 Å². The minimum atomic E-state index is 0.0966. The van der Waals surface area contributed by atoms with E-state index in [1.807, 2.05) is 35.2 Å². The molecule has 6 nitrogen and oxygen atoms in total. The van der Waals surface area contributed by atoms with Gasteiger partial charge in [0, 0.05) is 38.1 Å². The minimum absolute atomic E-state index is 0.0966. The van der Waals surface area contributed by atoms with Gasteiger partial charge in [-0.15, -0.1) is 0 Å². The molecule has 0 aromatic heterocycles. The molecule has 3 heterocycles. The maximum Gasteiger partial charge on any atom is 0.248 e. The van der Waals surface area contributed by atoms with Gasteiger partial charge in [0.25, 0.3) is 0 Å². The first kappa shape index (κ1) is 21.3. The van der Waals surface area contributed by atoms with E-state index in [0.29, 0.717) is 18.6 Å². The molecule has 0 atom stereocenters. The summed E-state index contributed by atoms with van der Waals surface area (Å²) in [4.78, 5) is 31.7. The van der Waals surface area contributed by atoms with Crippen molar-refractivity contribution in [1.29, 1.82) is 0 Å². The third kappa shape index (κ3) is 5.41. The van der Waals surface area contributed by atoms with E-state index >= 15 is 0 Å². The molecule has 30 heavy (non-hydrogen) atoms. The average molecular weight is 414 g/mol. The Morgan fingerprint density at radius 2 is 1.50 bits per heavy atom. The lowest BCUT2D eigenvalue weighted by atomic mass is 9.92. The summed E-state index contributed by atoms with van der Waals surface area (Å²) in [5.41, 5.74) is 1.09. The lowest BCUT2D eigenvalue weighted by molar-refractivity contribution is -0.139. The van der Waals surface area contributed by atoms with Crippen molar-refractivity contribution in [3.63, 3.8) is 0 Å². The van der Waals surface area contributed by atoms with Gasteiger partial charge in [-0.1, -0.05) is 30.3 Å². The van der Waals surface area contributed by atoms with Gasteiger partial charge >= 0.3 is 0 Å². The van der Waals surface area contributed by atoms with Crippen LogP contribution in [0.25, 0.3) is 0 Å². The van der Waals surface area contributed by atoms with Crippen molar-refractivity contribution in [2.24, 2.45) is 5.92 Å². The van der Waals surface area contributed by atoms with Crippen molar-refractivity contribution in [3.05, 3.63) is 35.9 Å². The van der Waals surface area contributed by atoms with Crippen LogP contribution in [0.15, 0.2) is 30.3 Å². The molecule has 6 heteroatoms. The maximum absolute atomic E-state index is 12.6. The molecule has 0 spiro atoms. The zero-order valence-electron chi connectivity index (χ0n) is 18.0. The van der Waals surface area contributed by atoms with Crippen LogP contribution in [0.5, 0.6) is 0 Å². The highest BCUT2D eigenvalue weighted by Crippen LogP contribution is 2.26. The number of likely N-dealkylation sites (tertiary alicyclic amines) is 3. The van der Waals surface area contributed by atoms with Gasteiger partial charge in [-0.25, -0.2) is 0 Å². The summed E-state index contributed by atoms with van der Waals surface area (Å²) in [7, 11) is 0. The SMILES string of the molecule is O=C(COCc1ccccc1)N1CCC(N2CCC(C(=O)N3CCCC3)CC2)CC1. The second-order valence-corrected chi connectivity index (χ2v) is 8.93. The van der Waals surface area contributed by atoms with Gasteiger partial charge in [0.2, 0.25) is 11.8 Å². The number of rotatable bonds is 6. The standard InChI is InChI=1S/C24H35N3O3/c28-23(19-30-18-20-6-2-1-3-7-20)26-16-10-22(11-17-26)25-14-8-21(9-15-25)24(29)27-12-4-5-13-27/h1-3,6-7,21-22H,4-5,8-19H2. The van der Waals surface area contributed by atoms with Gasteiger partial charge in [0.15, 0.2) is 0 Å². The molecule has 0 bridgehead atoms. The topological polar surface area (TPSA) is 53.1 Å². The molecule has 3 aliphatic rings. The summed E-state index contributed by atoms with van der Waals surface area (Å²) in [5, 5.41) is 0. The van der Waals surface area contributed by atoms with Crippen molar-refractivity contribution in [1.82, 2.24) is 14.7 Å². The zero-order chi connectivity index (χ0) is 20.8. The summed E-state index contributed by atoms with van der Waals surface area (Å²) in [5.74, 6) is 0.713. The van der Waals surface area contributed by atoms with Crippen LogP contribution in [0.3, 0.4) is 0 Å². The molecule has 0 saturated carbocycles. The quantitative estimate of drug-likeness (QED) is 0.719. The number of benzene rings is 1. The summed E-state index contributed by atoms with van der Waals surface area (Å²) in [6.07, 6.45) is 6.35. The van der Waals surface area contributed by atoms with Crippen molar-refractivity contribution in [3.8, 4) is 0 Å². The van der Waals surface area contributed by atoms with E-state index in [-0.39, 0.29) is 18.4 Å². The van der Waals surface area contributed by atoms with Crippen molar-refractivity contribution >= 4 is 11.8 Å². The third-order valence-electron chi connectivity index (χ3n) is 6.97. The van der Waals surface area contributed by atoms with Gasteiger partial charge in [0.1, 0.15) is 6.61 Å². The fourth-order valence-corrected chi connectivity index (χ4v) is 5.11. The van der Waals surface area contributed by atoms with Crippen LogP contribution < -0.4 is 0 Å². The Labute approximate surface area is 180 Å². The van der Waals surface area contributed by atoms with Crippen molar-refractivity contribution < 1.29 is 14.3 Å². The Hall–Kier alpha value is -1.92. The molecule has 0 unspecified atom stereocenters. The molecule has 164 valence electrons. The number of hydrogen-bond donors (Lipinski definition) is 0. The van der Waals surface area contributed by atoms with E-state index in [2.05, 4.69) is 9.80 Å². The first-order valence-electron chi connectivity index (χ1n) is 11.6. The molecule has 0 N–H and O–H groups in total. The molecule has 2 amide bonds. The highest BCUT2D eigenvalue weighted by molar-refractivity contribution is 5.79. The Kier molecular flexibility index (Phi) is 7.39. The lowest BCUT2D eigenvalue weighted by Crippen LogP contribution is -2.50. The maximum atomic E-state index is 12.6. The summed E-state index contributed by atoms with van der Waals surface area (Å²) >= 11 is 0. The fourth-order valence-electron chi connectivity index (χ4n) is 5.11. The monoisotopic (exact) mass is 413 g/mol. The second-order valence-electron chi connectivity index (χ2n) is 8.93. The van der Waals surface area contributed by atoms with Gasteiger partial charge < -0.3 is 19.4 Å². The molecule has 3 aliphatic heterocycles. The molecule has 0 aliphatic carbocycles. The molecule has 4 rings (SSSR count). The van der Waals surface area contributed by atoms with Gasteiger partial charge in [-0.2, -0.15) is 0 Å². The van der Waals surface area contributed by atoms with E-state index in [9.17, 15) is 9.59 Å². The fraction of sp³-hybridized carbons (Fsp3) is 0.667. The number of carbonyl (C=O) groups excluding carboxylic acids is 2. The Bertz CT molecular complexity index is 689. The van der Waals surface area contributed by atoms with Crippen LogP contribution in [-0.2, 0) is 20.9 Å². The van der Waals surface area contributed by atoms with Gasteiger partial charge in [-0.05, 0) is 57.2 Å². The molecule has 0 radical (unpaired) electrons. The van der Waals surface area contributed by atoms with E-state index < -0.39 is 0 Å². The predicted molar refractivity (Wildman–Crippen MR) is 116 cm³/mol.